The molecule has 1 aliphatic heterocycles. The van der Waals surface area contributed by atoms with Gasteiger partial charge in [0.25, 0.3) is 0 Å². The van der Waals surface area contributed by atoms with Gasteiger partial charge in [-0.05, 0) is 38.9 Å². The monoisotopic (exact) mass is 275 g/mol. The Bertz CT molecular complexity index is 433. The average molecular weight is 275 g/mol. The van der Waals surface area contributed by atoms with Crippen molar-refractivity contribution in [1.29, 1.82) is 0 Å². The minimum atomic E-state index is -0.379. The molecule has 2 atom stereocenters. The zero-order valence-corrected chi connectivity index (χ0v) is 12.5. The molecule has 0 aliphatic carbocycles. The second-order valence-electron chi connectivity index (χ2n) is 5.82. The Morgan fingerprint density at radius 2 is 2.10 bits per heavy atom. The number of aryl methyl sites for hydroxylation is 1. The van der Waals surface area contributed by atoms with Crippen LogP contribution in [0.1, 0.15) is 18.4 Å². The molecule has 1 aromatic carbocycles. The molecular formula is C16H25N3O. The summed E-state index contributed by atoms with van der Waals surface area (Å²) in [6.07, 6.45) is 2.62. The molecule has 1 aliphatic rings. The third-order valence-electron chi connectivity index (χ3n) is 4.11. The molecule has 0 aromatic heterocycles. The molecule has 2 rings (SSSR count). The van der Waals surface area contributed by atoms with Crippen molar-refractivity contribution in [2.75, 3.05) is 27.2 Å². The van der Waals surface area contributed by atoms with Gasteiger partial charge < -0.3 is 15.5 Å². The standard InChI is InChI=1S/C16H25N3O/c1-18(2)14-10-11-19(12-14)16(20)15(17)9-8-13-6-4-3-5-7-13/h3-7,14-15H,8-12,17H2,1-2H3. The van der Waals surface area contributed by atoms with E-state index in [0.29, 0.717) is 12.5 Å². The lowest BCUT2D eigenvalue weighted by Crippen LogP contribution is -2.44. The minimum Gasteiger partial charge on any atom is -0.340 e. The van der Waals surface area contributed by atoms with Crippen LogP contribution < -0.4 is 5.73 Å². The van der Waals surface area contributed by atoms with Crippen LogP contribution >= 0.6 is 0 Å². The Kier molecular flexibility index (Phi) is 5.15. The van der Waals surface area contributed by atoms with Crippen LogP contribution in [0, 0.1) is 0 Å². The molecule has 1 heterocycles. The Balaban J connectivity index is 1.81. The first-order chi connectivity index (χ1) is 9.58. The molecule has 1 fully saturated rings. The van der Waals surface area contributed by atoms with E-state index < -0.39 is 0 Å². The number of hydrogen-bond donors (Lipinski definition) is 1. The fraction of sp³-hybridized carbons (Fsp3) is 0.562. The topological polar surface area (TPSA) is 49.6 Å². The highest BCUT2D eigenvalue weighted by atomic mass is 16.2. The van der Waals surface area contributed by atoms with Crippen LogP contribution in [0.4, 0.5) is 0 Å². The van der Waals surface area contributed by atoms with Crippen molar-refractivity contribution in [2.45, 2.75) is 31.3 Å². The molecule has 20 heavy (non-hydrogen) atoms. The Morgan fingerprint density at radius 1 is 1.40 bits per heavy atom. The Labute approximate surface area is 121 Å². The predicted octanol–water partition coefficient (Wildman–Crippen LogP) is 1.11. The maximum absolute atomic E-state index is 12.3. The summed E-state index contributed by atoms with van der Waals surface area (Å²) >= 11 is 0. The highest BCUT2D eigenvalue weighted by Crippen LogP contribution is 2.15. The maximum Gasteiger partial charge on any atom is 0.239 e. The summed E-state index contributed by atoms with van der Waals surface area (Å²) in [5.74, 6) is 0.102. The Hall–Kier alpha value is -1.39. The van der Waals surface area contributed by atoms with E-state index in [-0.39, 0.29) is 11.9 Å². The Morgan fingerprint density at radius 3 is 2.70 bits per heavy atom. The van der Waals surface area contributed by atoms with Gasteiger partial charge in [0.2, 0.25) is 5.91 Å². The van der Waals surface area contributed by atoms with E-state index in [9.17, 15) is 4.79 Å². The molecule has 0 radical (unpaired) electrons. The summed E-state index contributed by atoms with van der Waals surface area (Å²) < 4.78 is 0. The smallest absolute Gasteiger partial charge is 0.239 e. The molecule has 2 unspecified atom stereocenters. The first-order valence-electron chi connectivity index (χ1n) is 7.32. The van der Waals surface area contributed by atoms with Gasteiger partial charge in [-0.1, -0.05) is 30.3 Å². The number of amides is 1. The van der Waals surface area contributed by atoms with Crippen LogP contribution in [0.3, 0.4) is 0 Å². The summed E-state index contributed by atoms with van der Waals surface area (Å²) in [5, 5.41) is 0. The molecule has 0 saturated carbocycles. The molecule has 4 heteroatoms. The van der Waals surface area contributed by atoms with Crippen molar-refractivity contribution < 1.29 is 4.79 Å². The van der Waals surface area contributed by atoms with Crippen molar-refractivity contribution in [3.05, 3.63) is 35.9 Å². The highest BCUT2D eigenvalue weighted by Gasteiger charge is 2.29. The molecule has 0 spiro atoms. The van der Waals surface area contributed by atoms with Crippen LogP contribution in [-0.4, -0.2) is 55.0 Å². The molecule has 1 aromatic rings. The second kappa shape index (κ2) is 6.86. The van der Waals surface area contributed by atoms with Gasteiger partial charge in [0, 0.05) is 19.1 Å². The summed E-state index contributed by atoms with van der Waals surface area (Å²) in [4.78, 5) is 16.4. The average Bonchev–Trinajstić information content (AvgIpc) is 2.95. The minimum absolute atomic E-state index is 0.102. The maximum atomic E-state index is 12.3. The van der Waals surface area contributed by atoms with Crippen molar-refractivity contribution >= 4 is 5.91 Å². The fourth-order valence-electron chi connectivity index (χ4n) is 2.69. The number of likely N-dealkylation sites (tertiary alicyclic amines) is 1. The summed E-state index contributed by atoms with van der Waals surface area (Å²) in [5.41, 5.74) is 7.30. The van der Waals surface area contributed by atoms with Crippen molar-refractivity contribution in [2.24, 2.45) is 5.73 Å². The normalized spacial score (nSPS) is 20.4. The number of nitrogens with two attached hydrogens (primary N) is 1. The molecule has 110 valence electrons. The zero-order valence-electron chi connectivity index (χ0n) is 12.5. The van der Waals surface area contributed by atoms with Gasteiger partial charge in [-0.25, -0.2) is 0 Å². The van der Waals surface area contributed by atoms with Crippen LogP contribution in [0.15, 0.2) is 30.3 Å². The van der Waals surface area contributed by atoms with E-state index in [1.54, 1.807) is 0 Å². The van der Waals surface area contributed by atoms with Gasteiger partial charge in [0.15, 0.2) is 0 Å². The van der Waals surface area contributed by atoms with Crippen LogP contribution in [-0.2, 0) is 11.2 Å². The first kappa shape index (κ1) is 15.0. The lowest BCUT2D eigenvalue weighted by molar-refractivity contribution is -0.131. The third-order valence-corrected chi connectivity index (χ3v) is 4.11. The van der Waals surface area contributed by atoms with E-state index in [1.807, 2.05) is 23.1 Å². The predicted molar refractivity (Wildman–Crippen MR) is 81.4 cm³/mol. The highest BCUT2D eigenvalue weighted by molar-refractivity contribution is 5.82. The second-order valence-corrected chi connectivity index (χ2v) is 5.82. The fourth-order valence-corrected chi connectivity index (χ4v) is 2.69. The van der Waals surface area contributed by atoms with Crippen LogP contribution in [0.2, 0.25) is 0 Å². The SMILES string of the molecule is CN(C)C1CCN(C(=O)C(N)CCc2ccccc2)C1. The summed E-state index contributed by atoms with van der Waals surface area (Å²) in [6.45, 7) is 1.64. The largest absolute Gasteiger partial charge is 0.340 e. The van der Waals surface area contributed by atoms with Gasteiger partial charge in [0.1, 0.15) is 0 Å². The molecule has 1 saturated heterocycles. The molecule has 4 nitrogen and oxygen atoms in total. The van der Waals surface area contributed by atoms with Crippen molar-refractivity contribution in [3.8, 4) is 0 Å². The van der Waals surface area contributed by atoms with Gasteiger partial charge >= 0.3 is 0 Å². The first-order valence-corrected chi connectivity index (χ1v) is 7.32. The molecule has 1 amide bonds. The summed E-state index contributed by atoms with van der Waals surface area (Å²) in [7, 11) is 4.13. The lowest BCUT2D eigenvalue weighted by atomic mass is 10.1. The molecular weight excluding hydrogens is 250 g/mol. The number of hydrogen-bond acceptors (Lipinski definition) is 3. The van der Waals surface area contributed by atoms with Gasteiger partial charge in [0.05, 0.1) is 6.04 Å². The number of carbonyl (C=O) groups is 1. The van der Waals surface area contributed by atoms with E-state index in [2.05, 4.69) is 31.1 Å². The van der Waals surface area contributed by atoms with E-state index >= 15 is 0 Å². The van der Waals surface area contributed by atoms with E-state index in [4.69, 9.17) is 5.73 Å². The molecule has 2 N–H and O–H groups in total. The van der Waals surface area contributed by atoms with Crippen molar-refractivity contribution in [3.63, 3.8) is 0 Å². The number of rotatable bonds is 5. The number of benzene rings is 1. The lowest BCUT2D eigenvalue weighted by Gasteiger charge is -2.23. The number of nitrogens with zero attached hydrogens (tertiary/aromatic N) is 2. The van der Waals surface area contributed by atoms with Gasteiger partial charge in [-0.2, -0.15) is 0 Å². The number of carbonyl (C=O) groups excluding carboxylic acids is 1. The quantitative estimate of drug-likeness (QED) is 0.876. The van der Waals surface area contributed by atoms with Crippen LogP contribution in [0.5, 0.6) is 0 Å². The van der Waals surface area contributed by atoms with Crippen molar-refractivity contribution in [1.82, 2.24) is 9.80 Å². The van der Waals surface area contributed by atoms with Gasteiger partial charge in [-0.3, -0.25) is 4.79 Å². The summed E-state index contributed by atoms with van der Waals surface area (Å²) in [6, 6.07) is 10.3. The van der Waals surface area contributed by atoms with Crippen LogP contribution in [0.25, 0.3) is 0 Å². The number of likely N-dealkylation sites (N-methyl/N-ethyl adjacent to an activating group) is 1. The zero-order chi connectivity index (χ0) is 14.5. The van der Waals surface area contributed by atoms with E-state index in [0.717, 1.165) is 25.9 Å². The van der Waals surface area contributed by atoms with E-state index in [1.165, 1.54) is 5.56 Å². The third kappa shape index (κ3) is 3.81. The van der Waals surface area contributed by atoms with Gasteiger partial charge in [-0.15, -0.1) is 0 Å². The molecule has 0 bridgehead atoms.